The van der Waals surface area contributed by atoms with E-state index in [-0.39, 0.29) is 23.8 Å². The molecule has 0 unspecified atom stereocenters. The van der Waals surface area contributed by atoms with Crippen LogP contribution in [0, 0.1) is 5.92 Å². The van der Waals surface area contributed by atoms with E-state index >= 15 is 0 Å². The van der Waals surface area contributed by atoms with Gasteiger partial charge in [-0.3, -0.25) is 9.69 Å². The second-order valence-corrected chi connectivity index (χ2v) is 8.95. The Morgan fingerprint density at radius 3 is 2.66 bits per heavy atom. The van der Waals surface area contributed by atoms with Crippen molar-refractivity contribution in [1.29, 1.82) is 0 Å². The molecule has 0 spiro atoms. The fourth-order valence-electron chi connectivity index (χ4n) is 4.64. The van der Waals surface area contributed by atoms with E-state index in [1.807, 2.05) is 25.1 Å². The van der Waals surface area contributed by atoms with Crippen molar-refractivity contribution in [1.82, 2.24) is 10.1 Å². The van der Waals surface area contributed by atoms with Crippen molar-refractivity contribution in [3.8, 4) is 5.88 Å². The Labute approximate surface area is 203 Å². The molecule has 0 saturated heterocycles. The Hall–Kier alpha value is -3.21. The number of ketones is 1. The van der Waals surface area contributed by atoms with Gasteiger partial charge in [0.2, 0.25) is 5.78 Å². The summed E-state index contributed by atoms with van der Waals surface area (Å²) in [4.78, 5) is 27.8. The number of carbonyl (C=O) groups excluding carboxylic acids is 2. The van der Waals surface area contributed by atoms with Gasteiger partial charge in [0.25, 0.3) is 5.88 Å². The maximum Gasteiger partial charge on any atom is 0.509 e. The van der Waals surface area contributed by atoms with Crippen LogP contribution in [-0.2, 0) is 16.1 Å². The fraction of sp³-hybridized carbons (Fsp3) is 0.480. The summed E-state index contributed by atoms with van der Waals surface area (Å²) < 4.78 is 21.9. The first-order valence-electron chi connectivity index (χ1n) is 11.6. The van der Waals surface area contributed by atoms with E-state index in [0.717, 1.165) is 18.4 Å². The van der Waals surface area contributed by atoms with Gasteiger partial charge in [0.1, 0.15) is 24.4 Å². The third-order valence-electron chi connectivity index (χ3n) is 6.41. The van der Waals surface area contributed by atoms with Gasteiger partial charge in [0, 0.05) is 0 Å². The molecular formula is C25H30N2O8. The van der Waals surface area contributed by atoms with Crippen molar-refractivity contribution in [2.75, 3.05) is 20.7 Å². The average Bonchev–Trinajstić information content (AvgIpc) is 3.25. The van der Waals surface area contributed by atoms with E-state index < -0.39 is 41.7 Å². The van der Waals surface area contributed by atoms with Crippen LogP contribution in [0.1, 0.15) is 47.5 Å². The minimum Gasteiger partial charge on any atom is -0.475 e. The SMILES string of the molecule is CCCCOc1noc2c1C(=O)[C@]1(O)[C@@H]([C@@H](OC(=O)OCc3ccccc3)C=C[C@H]1O)[C@@H]2N(C)C. The van der Waals surface area contributed by atoms with Crippen LogP contribution in [0.4, 0.5) is 4.79 Å². The normalized spacial score (nSPS) is 27.3. The van der Waals surface area contributed by atoms with Crippen molar-refractivity contribution in [3.05, 3.63) is 59.4 Å². The number of aromatic nitrogens is 1. The molecular weight excluding hydrogens is 456 g/mol. The number of benzene rings is 1. The van der Waals surface area contributed by atoms with Crippen molar-refractivity contribution in [3.63, 3.8) is 0 Å². The van der Waals surface area contributed by atoms with Gasteiger partial charge in [-0.15, -0.1) is 0 Å². The van der Waals surface area contributed by atoms with Crippen LogP contribution < -0.4 is 4.74 Å². The minimum absolute atomic E-state index is 0.00554. The van der Waals surface area contributed by atoms with Crippen LogP contribution in [0.2, 0.25) is 0 Å². The van der Waals surface area contributed by atoms with Crippen molar-refractivity contribution in [2.24, 2.45) is 5.92 Å². The number of fused-ring (bicyclic) bond motifs is 2. The molecule has 1 aromatic heterocycles. The van der Waals surface area contributed by atoms with Crippen molar-refractivity contribution < 1.29 is 38.5 Å². The number of rotatable bonds is 8. The predicted octanol–water partition coefficient (Wildman–Crippen LogP) is 2.65. The van der Waals surface area contributed by atoms with Crippen LogP contribution in [-0.4, -0.2) is 70.7 Å². The fourth-order valence-corrected chi connectivity index (χ4v) is 4.64. The topological polar surface area (TPSA) is 132 Å². The van der Waals surface area contributed by atoms with Crippen molar-refractivity contribution in [2.45, 2.75) is 50.2 Å². The van der Waals surface area contributed by atoms with Crippen LogP contribution in [0.15, 0.2) is 47.0 Å². The lowest BCUT2D eigenvalue weighted by atomic mass is 9.63. The predicted molar refractivity (Wildman–Crippen MR) is 123 cm³/mol. The van der Waals surface area contributed by atoms with Gasteiger partial charge >= 0.3 is 6.16 Å². The summed E-state index contributed by atoms with van der Waals surface area (Å²) in [5.41, 5.74) is -1.55. The summed E-state index contributed by atoms with van der Waals surface area (Å²) >= 11 is 0. The Morgan fingerprint density at radius 2 is 1.97 bits per heavy atom. The molecule has 1 aromatic carbocycles. The summed E-state index contributed by atoms with van der Waals surface area (Å²) in [5, 5.41) is 26.4. The Balaban J connectivity index is 1.64. The summed E-state index contributed by atoms with van der Waals surface area (Å²) in [6, 6.07) is 8.32. The van der Waals surface area contributed by atoms with Gasteiger partial charge in [0.15, 0.2) is 11.4 Å². The van der Waals surface area contributed by atoms with E-state index in [9.17, 15) is 19.8 Å². The lowest BCUT2D eigenvalue weighted by molar-refractivity contribution is -0.133. The van der Waals surface area contributed by atoms with Crippen LogP contribution >= 0.6 is 0 Å². The molecule has 0 fully saturated rings. The van der Waals surface area contributed by atoms with Crippen LogP contribution in [0.3, 0.4) is 0 Å². The largest absolute Gasteiger partial charge is 0.509 e. The van der Waals surface area contributed by atoms with E-state index in [2.05, 4.69) is 5.16 Å². The number of aliphatic hydroxyl groups excluding tert-OH is 1. The molecule has 35 heavy (non-hydrogen) atoms. The highest BCUT2D eigenvalue weighted by Crippen LogP contribution is 2.51. The number of carbonyl (C=O) groups is 2. The Morgan fingerprint density at radius 1 is 1.23 bits per heavy atom. The molecule has 10 heteroatoms. The highest BCUT2D eigenvalue weighted by Gasteiger charge is 2.64. The number of unbranched alkanes of at least 4 members (excludes halogenated alkanes) is 1. The first-order chi connectivity index (χ1) is 16.8. The van der Waals surface area contributed by atoms with Gasteiger partial charge in [0.05, 0.1) is 18.6 Å². The van der Waals surface area contributed by atoms with E-state index in [1.54, 1.807) is 31.1 Å². The lowest BCUT2D eigenvalue weighted by Gasteiger charge is -2.49. The van der Waals surface area contributed by atoms with Gasteiger partial charge in [-0.1, -0.05) is 49.8 Å². The maximum absolute atomic E-state index is 13.6. The highest BCUT2D eigenvalue weighted by molar-refractivity contribution is 6.07. The average molecular weight is 487 g/mol. The molecule has 10 nitrogen and oxygen atoms in total. The number of hydrogen-bond acceptors (Lipinski definition) is 10. The molecule has 188 valence electrons. The summed E-state index contributed by atoms with van der Waals surface area (Å²) in [5.74, 6) is -1.75. The van der Waals surface area contributed by atoms with Gasteiger partial charge < -0.3 is 28.9 Å². The van der Waals surface area contributed by atoms with Crippen molar-refractivity contribution >= 4 is 11.9 Å². The standard InChI is InChI=1S/C25H30N2O8/c1-4-5-13-32-23-18-21(35-26-23)20(27(2)3)19-16(11-12-17(28)25(19,31)22(18)29)34-24(30)33-14-15-9-7-6-8-10-15/h6-12,16-17,19-20,28,31H,4-5,13-14H2,1-3H3/t16-,17+,19-,20-,25+/m0/s1. The molecule has 5 atom stereocenters. The molecule has 0 saturated carbocycles. The summed E-state index contributed by atoms with van der Waals surface area (Å²) in [6.07, 6.45) is 0.693. The highest BCUT2D eigenvalue weighted by atomic mass is 16.7. The summed E-state index contributed by atoms with van der Waals surface area (Å²) in [7, 11) is 3.45. The molecule has 2 aromatic rings. The molecule has 0 amide bonds. The summed E-state index contributed by atoms with van der Waals surface area (Å²) in [6.45, 7) is 2.31. The smallest absolute Gasteiger partial charge is 0.475 e. The second-order valence-electron chi connectivity index (χ2n) is 8.95. The third kappa shape index (κ3) is 4.56. The van der Waals surface area contributed by atoms with Crippen LogP contribution in [0.25, 0.3) is 0 Å². The third-order valence-corrected chi connectivity index (χ3v) is 6.41. The minimum atomic E-state index is -2.31. The van der Waals surface area contributed by atoms with E-state index in [4.69, 9.17) is 18.7 Å². The number of ether oxygens (including phenoxy) is 3. The van der Waals surface area contributed by atoms with E-state index in [0.29, 0.717) is 6.61 Å². The Kier molecular flexibility index (Phi) is 7.25. The molecule has 0 bridgehead atoms. The number of nitrogens with zero attached hydrogens (tertiary/aromatic N) is 2. The zero-order chi connectivity index (χ0) is 25.2. The van der Waals surface area contributed by atoms with Gasteiger partial charge in [-0.2, -0.15) is 0 Å². The van der Waals surface area contributed by atoms with Gasteiger partial charge in [-0.25, -0.2) is 4.79 Å². The Bertz CT molecular complexity index is 1080. The van der Waals surface area contributed by atoms with Gasteiger partial charge in [-0.05, 0) is 37.3 Å². The molecule has 4 rings (SSSR count). The monoisotopic (exact) mass is 486 g/mol. The quantitative estimate of drug-likeness (QED) is 0.326. The molecule has 0 aliphatic heterocycles. The molecule has 2 aliphatic carbocycles. The van der Waals surface area contributed by atoms with E-state index in [1.165, 1.54) is 12.2 Å². The van der Waals surface area contributed by atoms with Crippen LogP contribution in [0.5, 0.6) is 5.88 Å². The lowest BCUT2D eigenvalue weighted by Crippen LogP contribution is -2.65. The molecule has 2 N–H and O–H groups in total. The second kappa shape index (κ2) is 10.2. The molecule has 2 aliphatic rings. The maximum atomic E-state index is 13.6. The molecule has 1 heterocycles. The number of hydrogen-bond donors (Lipinski definition) is 2. The first kappa shape index (κ1) is 24.9. The molecule has 0 radical (unpaired) electrons. The zero-order valence-electron chi connectivity index (χ0n) is 19.9. The zero-order valence-corrected chi connectivity index (χ0v) is 19.9. The number of aliphatic hydroxyl groups is 2. The first-order valence-corrected chi connectivity index (χ1v) is 11.6. The number of Topliss-reactive ketones (excluding diaryl/α,β-unsaturated/α-hetero) is 1.